The van der Waals surface area contributed by atoms with Gasteiger partial charge in [0.15, 0.2) is 6.54 Å². The number of esters is 1. The van der Waals surface area contributed by atoms with Gasteiger partial charge >= 0.3 is 5.97 Å². The van der Waals surface area contributed by atoms with Crippen molar-refractivity contribution in [1.29, 1.82) is 0 Å². The minimum atomic E-state index is -0.428. The van der Waals surface area contributed by atoms with Crippen LogP contribution in [-0.2, 0) is 9.53 Å². The van der Waals surface area contributed by atoms with E-state index in [1.54, 1.807) is 0 Å². The summed E-state index contributed by atoms with van der Waals surface area (Å²) in [7, 11) is 5.36. The van der Waals surface area contributed by atoms with Crippen molar-refractivity contribution in [3.63, 3.8) is 0 Å². The van der Waals surface area contributed by atoms with Gasteiger partial charge in [-0.05, 0) is 36.6 Å². The van der Waals surface area contributed by atoms with Crippen LogP contribution in [0.1, 0.15) is 47.3 Å². The highest BCUT2D eigenvalue weighted by Gasteiger charge is 2.25. The van der Waals surface area contributed by atoms with E-state index in [0.717, 1.165) is 23.7 Å². The average molecular weight is 409 g/mol. The van der Waals surface area contributed by atoms with Crippen LogP contribution >= 0.6 is 11.3 Å². The number of rotatable bonds is 9. The Morgan fingerprint density at radius 3 is 2.57 bits per heavy atom. The Balaban J connectivity index is 1.85. The van der Waals surface area contributed by atoms with Crippen molar-refractivity contribution in [1.82, 2.24) is 5.32 Å². The van der Waals surface area contributed by atoms with Gasteiger partial charge in [-0.3, -0.25) is 4.79 Å². The maximum atomic E-state index is 12.6. The van der Waals surface area contributed by atoms with E-state index < -0.39 is 5.97 Å². The second-order valence-corrected chi connectivity index (χ2v) is 9.28. The molecule has 0 aliphatic heterocycles. The Bertz CT molecular complexity index is 706. The summed E-state index contributed by atoms with van der Waals surface area (Å²) >= 11 is 1.28. The zero-order valence-corrected chi connectivity index (χ0v) is 18.4. The van der Waals surface area contributed by atoms with E-state index in [9.17, 15) is 9.59 Å². The second kappa shape index (κ2) is 10.1. The summed E-state index contributed by atoms with van der Waals surface area (Å²) in [4.78, 5) is 24.9. The third-order valence-electron chi connectivity index (χ3n) is 5.17. The molecule has 28 heavy (non-hydrogen) atoms. The lowest BCUT2D eigenvalue weighted by Crippen LogP contribution is -2.48. The van der Waals surface area contributed by atoms with Crippen LogP contribution < -0.4 is 10.6 Å². The molecule has 0 aromatic carbocycles. The molecule has 0 radical (unpaired) electrons. The van der Waals surface area contributed by atoms with Gasteiger partial charge in [-0.1, -0.05) is 25.8 Å². The lowest BCUT2D eigenvalue weighted by molar-refractivity contribution is -0.877. The molecule has 0 spiro atoms. The number of ether oxygens (including phenoxy) is 1. The standard InChI is InChI=1S/C21H33N3O3S/c1-15-14-28-20(21(26)27-5)19(15)23-18(25)13-24(3,4)12-16(2)22-11-17-9-7-6-8-10-17/h14,17,22H,2,6-13H2,1,3-5H3/p+1. The van der Waals surface area contributed by atoms with Crippen molar-refractivity contribution in [3.8, 4) is 0 Å². The number of nitrogens with one attached hydrogen (secondary N) is 2. The first-order valence-corrected chi connectivity index (χ1v) is 10.8. The van der Waals surface area contributed by atoms with Crippen molar-refractivity contribution in [2.24, 2.45) is 5.92 Å². The number of aryl methyl sites for hydroxylation is 1. The zero-order chi connectivity index (χ0) is 20.7. The second-order valence-electron chi connectivity index (χ2n) is 8.40. The molecule has 7 heteroatoms. The van der Waals surface area contributed by atoms with Gasteiger partial charge in [0.25, 0.3) is 5.91 Å². The monoisotopic (exact) mass is 408 g/mol. The van der Waals surface area contributed by atoms with Gasteiger partial charge in [0.2, 0.25) is 0 Å². The first-order valence-electron chi connectivity index (χ1n) is 9.91. The highest BCUT2D eigenvalue weighted by molar-refractivity contribution is 7.12. The third-order valence-corrected chi connectivity index (χ3v) is 6.24. The normalized spacial score (nSPS) is 15.1. The van der Waals surface area contributed by atoms with Crippen LogP contribution in [0.4, 0.5) is 5.69 Å². The van der Waals surface area contributed by atoms with Crippen LogP contribution in [0.2, 0.25) is 0 Å². The SMILES string of the molecule is C=C(C[N+](C)(C)CC(=O)Nc1c(C)csc1C(=O)OC)NCC1CCCCC1. The van der Waals surface area contributed by atoms with E-state index in [-0.39, 0.29) is 5.91 Å². The lowest BCUT2D eigenvalue weighted by Gasteiger charge is -2.31. The summed E-state index contributed by atoms with van der Waals surface area (Å²) in [6.45, 7) is 7.96. The molecule has 0 saturated heterocycles. The highest BCUT2D eigenvalue weighted by Crippen LogP contribution is 2.28. The van der Waals surface area contributed by atoms with E-state index in [4.69, 9.17) is 4.74 Å². The molecular formula is C21H34N3O3S+. The molecule has 1 heterocycles. The van der Waals surface area contributed by atoms with Crippen LogP contribution in [-0.4, -0.2) is 57.2 Å². The Morgan fingerprint density at radius 1 is 1.25 bits per heavy atom. The summed E-state index contributed by atoms with van der Waals surface area (Å²) in [5, 5.41) is 8.20. The van der Waals surface area contributed by atoms with Crippen LogP contribution in [0.3, 0.4) is 0 Å². The molecule has 0 bridgehead atoms. The van der Waals surface area contributed by atoms with Crippen molar-refractivity contribution in [2.75, 3.05) is 46.2 Å². The van der Waals surface area contributed by atoms with E-state index in [2.05, 4.69) is 17.2 Å². The van der Waals surface area contributed by atoms with Crippen LogP contribution in [0.5, 0.6) is 0 Å². The molecule has 0 unspecified atom stereocenters. The van der Waals surface area contributed by atoms with Crippen LogP contribution in [0, 0.1) is 12.8 Å². The van der Waals surface area contributed by atoms with E-state index >= 15 is 0 Å². The average Bonchev–Trinajstić information content (AvgIpc) is 2.99. The fourth-order valence-corrected chi connectivity index (χ4v) is 4.64. The van der Waals surface area contributed by atoms with Gasteiger partial charge in [-0.15, -0.1) is 11.3 Å². The number of thiophene rings is 1. The van der Waals surface area contributed by atoms with Crippen molar-refractivity contribution >= 4 is 28.9 Å². The van der Waals surface area contributed by atoms with E-state index in [1.807, 2.05) is 26.4 Å². The van der Waals surface area contributed by atoms with Crippen molar-refractivity contribution in [3.05, 3.63) is 28.1 Å². The molecule has 1 fully saturated rings. The number of carbonyl (C=O) groups excluding carboxylic acids is 2. The Labute approximate surface area is 172 Å². The minimum Gasteiger partial charge on any atom is -0.465 e. The number of methoxy groups -OCH3 is 1. The zero-order valence-electron chi connectivity index (χ0n) is 17.6. The summed E-state index contributed by atoms with van der Waals surface area (Å²) in [6, 6.07) is 0. The quantitative estimate of drug-likeness (QED) is 0.484. The molecule has 0 atom stereocenters. The first kappa shape index (κ1) is 22.4. The van der Waals surface area contributed by atoms with E-state index in [0.29, 0.717) is 28.1 Å². The third kappa shape index (κ3) is 6.63. The molecule has 1 aromatic heterocycles. The molecule has 156 valence electrons. The topological polar surface area (TPSA) is 67.4 Å². The molecule has 2 N–H and O–H groups in total. The highest BCUT2D eigenvalue weighted by atomic mass is 32.1. The maximum absolute atomic E-state index is 12.6. The molecule has 1 aromatic rings. The van der Waals surface area contributed by atoms with Gasteiger partial charge in [0, 0.05) is 6.54 Å². The summed E-state index contributed by atoms with van der Waals surface area (Å²) < 4.78 is 5.28. The number of carbonyl (C=O) groups is 2. The largest absolute Gasteiger partial charge is 0.465 e. The van der Waals surface area contributed by atoms with Gasteiger partial charge in [0.1, 0.15) is 11.4 Å². The fourth-order valence-electron chi connectivity index (χ4n) is 3.72. The van der Waals surface area contributed by atoms with Gasteiger partial charge < -0.3 is 19.9 Å². The summed E-state index contributed by atoms with van der Waals surface area (Å²) in [6.07, 6.45) is 6.61. The van der Waals surface area contributed by atoms with Gasteiger partial charge in [-0.25, -0.2) is 4.79 Å². The van der Waals surface area contributed by atoms with E-state index in [1.165, 1.54) is 50.6 Å². The van der Waals surface area contributed by atoms with Gasteiger partial charge in [0.05, 0.1) is 32.6 Å². The molecule has 1 saturated carbocycles. The van der Waals surface area contributed by atoms with Gasteiger partial charge in [-0.2, -0.15) is 0 Å². The Morgan fingerprint density at radius 2 is 1.93 bits per heavy atom. The number of quaternary nitrogens is 1. The predicted octanol–water partition coefficient (Wildman–Crippen LogP) is 3.54. The minimum absolute atomic E-state index is 0.128. The molecule has 1 aliphatic carbocycles. The van der Waals surface area contributed by atoms with Crippen molar-refractivity contribution < 1.29 is 18.8 Å². The lowest BCUT2D eigenvalue weighted by atomic mass is 9.89. The van der Waals surface area contributed by atoms with Crippen LogP contribution in [0.25, 0.3) is 0 Å². The van der Waals surface area contributed by atoms with Crippen molar-refractivity contribution in [2.45, 2.75) is 39.0 Å². The first-order chi connectivity index (χ1) is 13.2. The summed E-state index contributed by atoms with van der Waals surface area (Å²) in [5.41, 5.74) is 2.38. The number of amides is 1. The Kier molecular flexibility index (Phi) is 8.07. The molecule has 1 aliphatic rings. The molecule has 6 nitrogen and oxygen atoms in total. The Hall–Kier alpha value is -1.86. The maximum Gasteiger partial charge on any atom is 0.350 e. The number of anilines is 1. The smallest absolute Gasteiger partial charge is 0.350 e. The predicted molar refractivity (Wildman–Crippen MR) is 115 cm³/mol. The number of hydrogen-bond donors (Lipinski definition) is 2. The molecule has 1 amide bonds. The summed E-state index contributed by atoms with van der Waals surface area (Å²) in [5.74, 6) is 0.182. The number of nitrogens with zero attached hydrogens (tertiary/aromatic N) is 1. The molecule has 2 rings (SSSR count). The number of hydrogen-bond acceptors (Lipinski definition) is 5. The molecular weight excluding hydrogens is 374 g/mol. The van der Waals surface area contributed by atoms with Crippen LogP contribution in [0.15, 0.2) is 17.7 Å². The fraction of sp³-hybridized carbons (Fsp3) is 0.619. The number of likely N-dealkylation sites (N-methyl/N-ethyl adjacent to an activating group) is 1.